The molecule has 0 spiro atoms. The summed E-state index contributed by atoms with van der Waals surface area (Å²) in [6.07, 6.45) is 3.64. The van der Waals surface area contributed by atoms with Crippen molar-refractivity contribution < 1.29 is 14.0 Å². The lowest BCUT2D eigenvalue weighted by Crippen LogP contribution is -2.28. The van der Waals surface area contributed by atoms with E-state index in [4.69, 9.17) is 11.6 Å². The zero-order valence-corrected chi connectivity index (χ0v) is 17.1. The van der Waals surface area contributed by atoms with Gasteiger partial charge < -0.3 is 9.80 Å². The summed E-state index contributed by atoms with van der Waals surface area (Å²) in [5.41, 5.74) is 0.858. The summed E-state index contributed by atoms with van der Waals surface area (Å²) >= 11 is 7.29. The van der Waals surface area contributed by atoms with Crippen LogP contribution in [0.25, 0.3) is 0 Å². The Bertz CT molecular complexity index is 837. The molecule has 3 rings (SSSR count). The van der Waals surface area contributed by atoms with Crippen LogP contribution >= 0.6 is 23.4 Å². The Labute approximate surface area is 172 Å². The standard InChI is InChI=1S/C20H21ClFN3O2S/c1-24(12-15-16(21)5-4-6-17(15)22)19(26)13-28-18-8-7-14(11-23-18)20(27)25-9-2-3-10-25/h4-8,11H,2-3,9-10,12-13H2,1H3. The summed E-state index contributed by atoms with van der Waals surface area (Å²) in [6, 6.07) is 7.94. The maximum atomic E-state index is 13.9. The number of carbonyl (C=O) groups is 2. The van der Waals surface area contributed by atoms with Gasteiger partial charge in [0.2, 0.25) is 5.91 Å². The Morgan fingerprint density at radius 3 is 2.64 bits per heavy atom. The number of nitrogens with zero attached hydrogens (tertiary/aromatic N) is 3. The number of halogens is 2. The van der Waals surface area contributed by atoms with Crippen LogP contribution in [0.2, 0.25) is 5.02 Å². The van der Waals surface area contributed by atoms with Gasteiger partial charge in [-0.2, -0.15) is 0 Å². The molecule has 0 atom stereocenters. The van der Waals surface area contributed by atoms with E-state index in [-0.39, 0.29) is 24.1 Å². The van der Waals surface area contributed by atoms with E-state index in [0.717, 1.165) is 25.9 Å². The monoisotopic (exact) mass is 421 g/mol. The molecule has 0 N–H and O–H groups in total. The van der Waals surface area contributed by atoms with E-state index in [9.17, 15) is 14.0 Å². The first-order valence-electron chi connectivity index (χ1n) is 9.00. The molecule has 2 amide bonds. The molecule has 1 aromatic heterocycles. The molecule has 0 saturated carbocycles. The third-order valence-corrected chi connectivity index (χ3v) is 5.89. The second-order valence-corrected chi connectivity index (χ2v) is 8.03. The first-order chi connectivity index (χ1) is 13.5. The summed E-state index contributed by atoms with van der Waals surface area (Å²) in [7, 11) is 1.61. The molecule has 1 aliphatic rings. The fourth-order valence-corrected chi connectivity index (χ4v) is 3.96. The minimum absolute atomic E-state index is 0.000809. The molecule has 28 heavy (non-hydrogen) atoms. The molecule has 2 aromatic rings. The second kappa shape index (κ2) is 9.39. The number of pyridine rings is 1. The minimum atomic E-state index is -0.431. The van der Waals surface area contributed by atoms with Crippen LogP contribution in [0, 0.1) is 5.82 Å². The zero-order chi connectivity index (χ0) is 20.1. The van der Waals surface area contributed by atoms with Crippen LogP contribution in [0.5, 0.6) is 0 Å². The van der Waals surface area contributed by atoms with Crippen LogP contribution in [0.1, 0.15) is 28.8 Å². The summed E-state index contributed by atoms with van der Waals surface area (Å²) in [4.78, 5) is 32.2. The molecule has 2 heterocycles. The molecule has 0 unspecified atom stereocenters. The molecule has 1 saturated heterocycles. The average molecular weight is 422 g/mol. The predicted molar refractivity (Wildman–Crippen MR) is 108 cm³/mol. The third-order valence-electron chi connectivity index (χ3n) is 4.60. The lowest BCUT2D eigenvalue weighted by molar-refractivity contribution is -0.127. The van der Waals surface area contributed by atoms with Crippen LogP contribution in [-0.4, -0.2) is 52.5 Å². The topological polar surface area (TPSA) is 53.5 Å². The second-order valence-electron chi connectivity index (χ2n) is 6.62. The molecule has 148 valence electrons. The third kappa shape index (κ3) is 5.02. The van der Waals surface area contributed by atoms with Gasteiger partial charge in [0, 0.05) is 43.5 Å². The van der Waals surface area contributed by atoms with E-state index in [2.05, 4.69) is 4.98 Å². The highest BCUT2D eigenvalue weighted by molar-refractivity contribution is 7.99. The Kier molecular flexibility index (Phi) is 6.91. The first-order valence-corrected chi connectivity index (χ1v) is 10.4. The largest absolute Gasteiger partial charge is 0.341 e. The van der Waals surface area contributed by atoms with Crippen molar-refractivity contribution in [2.24, 2.45) is 0 Å². The Balaban J connectivity index is 1.53. The minimum Gasteiger partial charge on any atom is -0.341 e. The highest BCUT2D eigenvalue weighted by Crippen LogP contribution is 2.22. The van der Waals surface area contributed by atoms with Gasteiger partial charge >= 0.3 is 0 Å². The number of rotatable bonds is 6. The maximum absolute atomic E-state index is 13.9. The molecule has 1 aromatic carbocycles. The highest BCUT2D eigenvalue weighted by Gasteiger charge is 2.20. The fraction of sp³-hybridized carbons (Fsp3) is 0.350. The van der Waals surface area contributed by atoms with Crippen molar-refractivity contribution in [2.75, 3.05) is 25.9 Å². The van der Waals surface area contributed by atoms with Crippen molar-refractivity contribution in [2.45, 2.75) is 24.4 Å². The van der Waals surface area contributed by atoms with Gasteiger partial charge in [-0.1, -0.05) is 29.4 Å². The van der Waals surface area contributed by atoms with Gasteiger partial charge in [0.25, 0.3) is 5.91 Å². The van der Waals surface area contributed by atoms with E-state index in [1.807, 2.05) is 4.90 Å². The van der Waals surface area contributed by atoms with Crippen LogP contribution in [-0.2, 0) is 11.3 Å². The molecular formula is C20H21ClFN3O2S. The average Bonchev–Trinajstić information content (AvgIpc) is 3.23. The number of thioether (sulfide) groups is 1. The van der Waals surface area contributed by atoms with Crippen LogP contribution in [0.15, 0.2) is 41.6 Å². The Morgan fingerprint density at radius 2 is 2.00 bits per heavy atom. The first kappa shape index (κ1) is 20.6. The van der Waals surface area contributed by atoms with E-state index < -0.39 is 5.82 Å². The zero-order valence-electron chi connectivity index (χ0n) is 15.5. The summed E-state index contributed by atoms with van der Waals surface area (Å²) in [6.45, 7) is 1.69. The Hall–Kier alpha value is -2.12. The number of hydrogen-bond acceptors (Lipinski definition) is 4. The summed E-state index contributed by atoms with van der Waals surface area (Å²) in [5, 5.41) is 0.955. The van der Waals surface area contributed by atoms with Crippen molar-refractivity contribution in [1.29, 1.82) is 0 Å². The number of likely N-dealkylation sites (tertiary alicyclic amines) is 1. The molecule has 0 aliphatic carbocycles. The van der Waals surface area contributed by atoms with E-state index >= 15 is 0 Å². The Morgan fingerprint density at radius 1 is 1.25 bits per heavy atom. The number of amides is 2. The molecule has 0 bridgehead atoms. The van der Waals surface area contributed by atoms with Crippen LogP contribution < -0.4 is 0 Å². The lowest BCUT2D eigenvalue weighted by atomic mass is 10.2. The number of benzene rings is 1. The smallest absolute Gasteiger partial charge is 0.255 e. The molecule has 1 fully saturated rings. The van der Waals surface area contributed by atoms with Crippen molar-refractivity contribution >= 4 is 35.2 Å². The van der Waals surface area contributed by atoms with E-state index in [1.54, 1.807) is 31.4 Å². The van der Waals surface area contributed by atoms with Gasteiger partial charge in [0.15, 0.2) is 0 Å². The SMILES string of the molecule is CN(Cc1c(F)cccc1Cl)C(=O)CSc1ccc(C(=O)N2CCCC2)cn1. The van der Waals surface area contributed by atoms with E-state index in [0.29, 0.717) is 21.2 Å². The van der Waals surface area contributed by atoms with Crippen LogP contribution in [0.3, 0.4) is 0 Å². The van der Waals surface area contributed by atoms with Crippen molar-refractivity contribution in [3.8, 4) is 0 Å². The van der Waals surface area contributed by atoms with Gasteiger partial charge in [0.1, 0.15) is 5.82 Å². The lowest BCUT2D eigenvalue weighted by Gasteiger charge is -2.18. The van der Waals surface area contributed by atoms with Crippen LogP contribution in [0.4, 0.5) is 4.39 Å². The van der Waals surface area contributed by atoms with Gasteiger partial charge in [-0.05, 0) is 37.1 Å². The molecule has 8 heteroatoms. The highest BCUT2D eigenvalue weighted by atomic mass is 35.5. The molecular weight excluding hydrogens is 401 g/mol. The van der Waals surface area contributed by atoms with Gasteiger partial charge in [0.05, 0.1) is 16.3 Å². The van der Waals surface area contributed by atoms with Gasteiger partial charge in [-0.25, -0.2) is 9.37 Å². The molecule has 0 radical (unpaired) electrons. The number of aromatic nitrogens is 1. The normalized spacial score (nSPS) is 13.6. The predicted octanol–water partition coefficient (Wildman–Crippen LogP) is 3.86. The van der Waals surface area contributed by atoms with Gasteiger partial charge in [-0.3, -0.25) is 9.59 Å². The van der Waals surface area contributed by atoms with Crippen molar-refractivity contribution in [1.82, 2.24) is 14.8 Å². The fourth-order valence-electron chi connectivity index (χ4n) is 2.95. The van der Waals surface area contributed by atoms with Crippen molar-refractivity contribution in [3.63, 3.8) is 0 Å². The summed E-state index contributed by atoms with van der Waals surface area (Å²) in [5.74, 6) is -0.433. The number of hydrogen-bond donors (Lipinski definition) is 0. The quantitative estimate of drug-likeness (QED) is 0.664. The van der Waals surface area contributed by atoms with E-state index in [1.165, 1.54) is 28.8 Å². The molecule has 1 aliphatic heterocycles. The maximum Gasteiger partial charge on any atom is 0.255 e. The van der Waals surface area contributed by atoms with Crippen molar-refractivity contribution in [3.05, 3.63) is 58.5 Å². The number of carbonyl (C=O) groups excluding carboxylic acids is 2. The molecule has 5 nitrogen and oxygen atoms in total. The summed E-state index contributed by atoms with van der Waals surface area (Å²) < 4.78 is 13.9. The van der Waals surface area contributed by atoms with Gasteiger partial charge in [-0.15, -0.1) is 0 Å².